The van der Waals surface area contributed by atoms with E-state index in [4.69, 9.17) is 4.52 Å². The molecule has 0 spiro atoms. The molecule has 0 aliphatic carbocycles. The summed E-state index contributed by atoms with van der Waals surface area (Å²) in [4.78, 5) is 15.6. The van der Waals surface area contributed by atoms with E-state index < -0.39 is 0 Å². The fourth-order valence-electron chi connectivity index (χ4n) is 2.08. The molecule has 24 heavy (non-hydrogen) atoms. The summed E-state index contributed by atoms with van der Waals surface area (Å²) in [6.45, 7) is 3.86. The zero-order chi connectivity index (χ0) is 16.9. The van der Waals surface area contributed by atoms with Crippen molar-refractivity contribution in [1.29, 1.82) is 0 Å². The van der Waals surface area contributed by atoms with Gasteiger partial charge in [0, 0.05) is 22.1 Å². The number of hydrogen-bond donors (Lipinski definition) is 1. The summed E-state index contributed by atoms with van der Waals surface area (Å²) in [5.74, 6) is 0.796. The molecular weight excluding hydrogens is 370 g/mol. The second-order valence-electron chi connectivity index (χ2n) is 5.05. The third kappa shape index (κ3) is 3.78. The molecule has 0 fully saturated rings. The van der Waals surface area contributed by atoms with E-state index in [1.165, 1.54) is 6.08 Å². The second-order valence-corrected chi connectivity index (χ2v) is 5.96. The van der Waals surface area contributed by atoms with Gasteiger partial charge in [0.2, 0.25) is 11.7 Å². The Morgan fingerprint density at radius 3 is 2.46 bits per heavy atom. The van der Waals surface area contributed by atoms with Gasteiger partial charge in [-0.1, -0.05) is 39.8 Å². The summed E-state index contributed by atoms with van der Waals surface area (Å²) < 4.78 is 6.33. The molecule has 5 nitrogen and oxygen atoms in total. The lowest BCUT2D eigenvalue weighted by molar-refractivity contribution is -0.116. The number of hydrogen-bond acceptors (Lipinski definition) is 4. The number of benzene rings is 2. The van der Waals surface area contributed by atoms with Crippen LogP contribution < -0.4 is 5.32 Å². The quantitative estimate of drug-likeness (QED) is 0.676. The van der Waals surface area contributed by atoms with Crippen molar-refractivity contribution in [2.24, 2.45) is 0 Å². The maximum atomic E-state index is 11.2. The summed E-state index contributed by atoms with van der Waals surface area (Å²) in [7, 11) is 0. The van der Waals surface area contributed by atoms with Crippen molar-refractivity contribution in [2.45, 2.75) is 6.54 Å². The molecule has 0 aliphatic rings. The van der Waals surface area contributed by atoms with E-state index in [9.17, 15) is 4.79 Å². The zero-order valence-electron chi connectivity index (χ0n) is 12.7. The maximum absolute atomic E-state index is 11.2. The zero-order valence-corrected chi connectivity index (χ0v) is 14.3. The van der Waals surface area contributed by atoms with Crippen LogP contribution in [0.1, 0.15) is 5.56 Å². The van der Waals surface area contributed by atoms with Crippen molar-refractivity contribution in [3.05, 3.63) is 71.2 Å². The number of nitrogens with one attached hydrogen (secondary N) is 1. The minimum atomic E-state index is -0.199. The van der Waals surface area contributed by atoms with E-state index in [-0.39, 0.29) is 5.91 Å². The van der Waals surface area contributed by atoms with Crippen LogP contribution in [0.25, 0.3) is 22.8 Å². The van der Waals surface area contributed by atoms with Crippen LogP contribution in [-0.2, 0) is 11.3 Å². The van der Waals surface area contributed by atoms with Gasteiger partial charge in [0.1, 0.15) is 0 Å². The summed E-state index contributed by atoms with van der Waals surface area (Å²) in [5.41, 5.74) is 2.68. The first kappa shape index (κ1) is 16.1. The molecule has 6 heteroatoms. The summed E-state index contributed by atoms with van der Waals surface area (Å²) in [6, 6.07) is 15.3. The van der Waals surface area contributed by atoms with E-state index in [2.05, 4.69) is 38.0 Å². The van der Waals surface area contributed by atoms with Crippen molar-refractivity contribution < 1.29 is 9.32 Å². The Bertz CT molecular complexity index is 855. The van der Waals surface area contributed by atoms with Gasteiger partial charge >= 0.3 is 0 Å². The number of carbonyl (C=O) groups excluding carboxylic acids is 1. The molecule has 2 aromatic carbocycles. The van der Waals surface area contributed by atoms with Gasteiger partial charge in [0.05, 0.1) is 0 Å². The molecule has 1 heterocycles. The standard InChI is InChI=1S/C18H14BrN3O2/c1-2-16(23)20-11-12-3-5-14(6-4-12)18-21-17(22-24-18)13-7-9-15(19)10-8-13/h2-10H,1,11H2,(H,20,23). The highest BCUT2D eigenvalue weighted by molar-refractivity contribution is 9.10. The van der Waals surface area contributed by atoms with Crippen LogP contribution in [0.5, 0.6) is 0 Å². The number of amides is 1. The molecule has 3 aromatic rings. The summed E-state index contributed by atoms with van der Waals surface area (Å²) >= 11 is 3.40. The Morgan fingerprint density at radius 1 is 1.12 bits per heavy atom. The molecule has 3 rings (SSSR count). The fourth-order valence-corrected chi connectivity index (χ4v) is 2.35. The predicted molar refractivity (Wildman–Crippen MR) is 94.9 cm³/mol. The lowest BCUT2D eigenvalue weighted by atomic mass is 10.1. The predicted octanol–water partition coefficient (Wildman–Crippen LogP) is 3.97. The van der Waals surface area contributed by atoms with Crippen molar-refractivity contribution in [3.63, 3.8) is 0 Å². The molecule has 0 radical (unpaired) electrons. The van der Waals surface area contributed by atoms with E-state index in [0.29, 0.717) is 18.3 Å². The van der Waals surface area contributed by atoms with Gasteiger partial charge in [0.15, 0.2) is 0 Å². The third-order valence-electron chi connectivity index (χ3n) is 3.38. The highest BCUT2D eigenvalue weighted by atomic mass is 79.9. The van der Waals surface area contributed by atoms with Gasteiger partial charge in [0.25, 0.3) is 5.89 Å². The van der Waals surface area contributed by atoms with Gasteiger partial charge in [-0.25, -0.2) is 0 Å². The number of carbonyl (C=O) groups is 1. The molecule has 1 N–H and O–H groups in total. The van der Waals surface area contributed by atoms with E-state index in [1.807, 2.05) is 48.5 Å². The first-order valence-corrected chi connectivity index (χ1v) is 8.04. The normalized spacial score (nSPS) is 10.4. The molecule has 1 aromatic heterocycles. The number of aromatic nitrogens is 2. The van der Waals surface area contributed by atoms with Crippen LogP contribution >= 0.6 is 15.9 Å². The smallest absolute Gasteiger partial charge is 0.258 e. The van der Waals surface area contributed by atoms with Gasteiger partial charge in [-0.05, 0) is 48.0 Å². The molecule has 0 aliphatic heterocycles. The number of nitrogens with zero attached hydrogens (tertiary/aromatic N) is 2. The Balaban J connectivity index is 1.74. The fraction of sp³-hybridized carbons (Fsp3) is 0.0556. The van der Waals surface area contributed by atoms with Crippen molar-refractivity contribution in [3.8, 4) is 22.8 Å². The average Bonchev–Trinajstić information content (AvgIpc) is 3.11. The molecule has 0 bridgehead atoms. The Morgan fingerprint density at radius 2 is 1.79 bits per heavy atom. The van der Waals surface area contributed by atoms with Crippen molar-refractivity contribution in [1.82, 2.24) is 15.5 Å². The lowest BCUT2D eigenvalue weighted by Gasteiger charge is -2.02. The Labute approximate surface area is 147 Å². The highest BCUT2D eigenvalue weighted by Crippen LogP contribution is 2.23. The van der Waals surface area contributed by atoms with Gasteiger partial charge in [-0.3, -0.25) is 4.79 Å². The van der Waals surface area contributed by atoms with E-state index >= 15 is 0 Å². The molecule has 1 amide bonds. The monoisotopic (exact) mass is 383 g/mol. The topological polar surface area (TPSA) is 68.0 Å². The third-order valence-corrected chi connectivity index (χ3v) is 3.91. The van der Waals surface area contributed by atoms with Crippen LogP contribution in [0.2, 0.25) is 0 Å². The van der Waals surface area contributed by atoms with Crippen LogP contribution in [0.15, 0.2) is 70.2 Å². The molecule has 0 saturated carbocycles. The van der Waals surface area contributed by atoms with Gasteiger partial charge < -0.3 is 9.84 Å². The largest absolute Gasteiger partial charge is 0.348 e. The van der Waals surface area contributed by atoms with Gasteiger partial charge in [-0.2, -0.15) is 4.98 Å². The van der Waals surface area contributed by atoms with E-state index in [0.717, 1.165) is 21.2 Å². The molecule has 0 unspecified atom stereocenters. The Kier molecular flexibility index (Phi) is 4.86. The minimum absolute atomic E-state index is 0.199. The highest BCUT2D eigenvalue weighted by Gasteiger charge is 2.10. The summed E-state index contributed by atoms with van der Waals surface area (Å²) in [6.07, 6.45) is 1.25. The first-order chi connectivity index (χ1) is 11.7. The van der Waals surface area contributed by atoms with Crippen molar-refractivity contribution >= 4 is 21.8 Å². The van der Waals surface area contributed by atoms with Gasteiger partial charge in [-0.15, -0.1) is 0 Å². The van der Waals surface area contributed by atoms with Crippen LogP contribution in [0.3, 0.4) is 0 Å². The lowest BCUT2D eigenvalue weighted by Crippen LogP contribution is -2.19. The van der Waals surface area contributed by atoms with Crippen LogP contribution in [0, 0.1) is 0 Å². The molecule has 120 valence electrons. The minimum Gasteiger partial charge on any atom is -0.348 e. The molecule has 0 saturated heterocycles. The first-order valence-electron chi connectivity index (χ1n) is 7.25. The van der Waals surface area contributed by atoms with Crippen molar-refractivity contribution in [2.75, 3.05) is 0 Å². The second kappa shape index (κ2) is 7.23. The number of rotatable bonds is 5. The summed E-state index contributed by atoms with van der Waals surface area (Å²) in [5, 5.41) is 6.74. The molecule has 0 atom stereocenters. The van der Waals surface area contributed by atoms with Crippen LogP contribution in [-0.4, -0.2) is 16.0 Å². The van der Waals surface area contributed by atoms with E-state index in [1.54, 1.807) is 0 Å². The van der Waals surface area contributed by atoms with Crippen LogP contribution in [0.4, 0.5) is 0 Å². The average molecular weight is 384 g/mol. The SMILES string of the molecule is C=CC(=O)NCc1ccc(-c2nc(-c3ccc(Br)cc3)no2)cc1. The number of halogens is 1. The Hall–Kier alpha value is -2.73. The molecular formula is C18H14BrN3O2. The maximum Gasteiger partial charge on any atom is 0.258 e.